The van der Waals surface area contributed by atoms with Gasteiger partial charge in [-0.25, -0.2) is 0 Å². The van der Waals surface area contributed by atoms with Crippen molar-refractivity contribution in [2.24, 2.45) is 0 Å². The molecule has 0 spiro atoms. The van der Waals surface area contributed by atoms with Gasteiger partial charge in [-0.05, 0) is 83.5 Å². The number of ether oxygens (including phenoxy) is 3. The summed E-state index contributed by atoms with van der Waals surface area (Å²) in [6, 6.07) is -1.04. The van der Waals surface area contributed by atoms with Crippen molar-refractivity contribution < 1.29 is 49.3 Å². The fourth-order valence-electron chi connectivity index (χ4n) is 9.72. The molecule has 8 unspecified atom stereocenters. The Morgan fingerprint density at radius 2 is 0.962 bits per heavy atom. The van der Waals surface area contributed by atoms with Crippen LogP contribution >= 0.6 is 0 Å². The Labute approximate surface area is 483 Å². The molecule has 0 aliphatic carbocycles. The van der Waals surface area contributed by atoms with E-state index in [9.17, 15) is 35.1 Å². The number of hydrogen-bond acceptors (Lipinski definition) is 10. The third-order valence-corrected chi connectivity index (χ3v) is 14.8. The molecule has 1 saturated heterocycles. The van der Waals surface area contributed by atoms with E-state index >= 15 is 0 Å². The van der Waals surface area contributed by atoms with Crippen molar-refractivity contribution in [3.8, 4) is 0 Å². The first-order valence-electron chi connectivity index (χ1n) is 32.4. The summed E-state index contributed by atoms with van der Waals surface area (Å²) in [5, 5.41) is 56.9. The van der Waals surface area contributed by atoms with Crippen LogP contribution in [0.1, 0.15) is 271 Å². The van der Waals surface area contributed by atoms with Crippen molar-refractivity contribution in [3.05, 3.63) is 85.1 Å². The van der Waals surface area contributed by atoms with Crippen LogP contribution in [-0.2, 0) is 23.8 Å². The molecule has 0 aromatic heterocycles. The van der Waals surface area contributed by atoms with Gasteiger partial charge in [-0.15, -0.1) is 0 Å². The lowest BCUT2D eigenvalue weighted by molar-refractivity contribution is -0.305. The Balaban J connectivity index is 2.54. The van der Waals surface area contributed by atoms with Gasteiger partial charge in [0.2, 0.25) is 5.91 Å². The largest absolute Gasteiger partial charge is 0.454 e. The van der Waals surface area contributed by atoms with Gasteiger partial charge in [0, 0.05) is 6.42 Å². The van der Waals surface area contributed by atoms with Crippen molar-refractivity contribution in [1.29, 1.82) is 0 Å². The fraction of sp³-hybridized carbons (Fsp3) is 0.765. The van der Waals surface area contributed by atoms with Crippen LogP contribution in [0.2, 0.25) is 0 Å². The molecule has 0 saturated carbocycles. The number of carbonyl (C=O) groups is 2. The zero-order valence-corrected chi connectivity index (χ0v) is 50.5. The number of hydrogen-bond donors (Lipinski definition) is 6. The predicted octanol–water partition coefficient (Wildman–Crippen LogP) is 15.7. The number of rotatable bonds is 54. The molecule has 1 rings (SSSR count). The third kappa shape index (κ3) is 43.2. The van der Waals surface area contributed by atoms with Crippen LogP contribution in [0.15, 0.2) is 85.1 Å². The summed E-state index contributed by atoms with van der Waals surface area (Å²) in [4.78, 5) is 26.5. The van der Waals surface area contributed by atoms with Crippen molar-refractivity contribution in [3.63, 3.8) is 0 Å². The van der Waals surface area contributed by atoms with E-state index in [4.69, 9.17) is 14.2 Å². The molecule has 8 atom stereocenters. The Hall–Kier alpha value is -3.16. The molecule has 11 heteroatoms. The number of esters is 1. The van der Waals surface area contributed by atoms with Crippen LogP contribution < -0.4 is 5.32 Å². The predicted molar refractivity (Wildman–Crippen MR) is 329 cm³/mol. The highest BCUT2D eigenvalue weighted by molar-refractivity contribution is 5.80. The summed E-state index contributed by atoms with van der Waals surface area (Å²) in [6.07, 6.45) is 62.1. The van der Waals surface area contributed by atoms with Crippen molar-refractivity contribution in [1.82, 2.24) is 5.32 Å². The smallest absolute Gasteiger partial charge is 0.306 e. The topological polar surface area (TPSA) is 175 Å². The zero-order valence-electron chi connectivity index (χ0n) is 50.5. The lowest BCUT2D eigenvalue weighted by Gasteiger charge is -2.41. The first-order valence-corrected chi connectivity index (χ1v) is 32.4. The number of aliphatic hydroxyl groups is 5. The minimum Gasteiger partial charge on any atom is -0.454 e. The van der Waals surface area contributed by atoms with E-state index in [0.717, 1.165) is 83.5 Å². The van der Waals surface area contributed by atoms with Gasteiger partial charge < -0.3 is 45.1 Å². The van der Waals surface area contributed by atoms with Crippen molar-refractivity contribution >= 4 is 11.9 Å². The van der Waals surface area contributed by atoms with E-state index in [1.807, 2.05) is 30.4 Å². The SMILES string of the molecule is CC/C=C/C=C/C=C\CCCCCCC(O)C(=O)NC(COC1OC(CO)C(O)C(O)C1OC(=O)CCCCCCCCCCCCCCCC/C=C\C/C=C\C/C=C\CCCCC)C(O)/C=C/CCCCCCCCCCC. The van der Waals surface area contributed by atoms with Gasteiger partial charge in [0.25, 0.3) is 0 Å². The van der Waals surface area contributed by atoms with Crippen LogP contribution in [0.4, 0.5) is 0 Å². The summed E-state index contributed by atoms with van der Waals surface area (Å²) in [5.74, 6) is -1.22. The maximum absolute atomic E-state index is 13.4. The molecular formula is C68H119NO10. The summed E-state index contributed by atoms with van der Waals surface area (Å²) in [5.41, 5.74) is 0. The lowest BCUT2D eigenvalue weighted by atomic mass is 9.99. The van der Waals surface area contributed by atoms with Gasteiger partial charge in [-0.1, -0.05) is 266 Å². The second-order valence-corrected chi connectivity index (χ2v) is 22.2. The zero-order chi connectivity index (χ0) is 57.5. The number of aliphatic hydroxyl groups excluding tert-OH is 5. The van der Waals surface area contributed by atoms with Gasteiger partial charge >= 0.3 is 5.97 Å². The van der Waals surface area contributed by atoms with E-state index in [2.05, 4.69) is 74.7 Å². The van der Waals surface area contributed by atoms with E-state index in [1.54, 1.807) is 6.08 Å². The standard InChI is InChI=1S/C68H119NO10/c1-4-7-10-13-16-19-22-24-25-26-27-28-29-30-31-32-33-34-35-36-37-38-41-44-47-50-53-56-63(73)79-66-65(75)64(74)62(57-70)78-68(66)77-58-59(60(71)54-51-48-45-42-39-21-18-15-12-9-6-3)69-67(76)61(72)55-52-49-46-43-40-23-20-17-14-11-8-5-2/h8,11,14,16-17,19-20,23-25,27-28,51,54,59-62,64-66,68,70-72,74-75H,4-7,9-10,12-13,15,18,21-22,26,29-50,52-53,55-58H2,1-3H3,(H,69,76)/b11-8+,17-14+,19-16-,23-20-,25-24-,28-27-,54-51+. The Kier molecular flexibility index (Phi) is 51.8. The molecule has 1 aliphatic rings. The van der Waals surface area contributed by atoms with Crippen LogP contribution in [-0.4, -0.2) is 99.6 Å². The second kappa shape index (κ2) is 55.4. The quantitative estimate of drug-likeness (QED) is 0.0149. The molecule has 1 amide bonds. The van der Waals surface area contributed by atoms with Gasteiger partial charge in [-0.2, -0.15) is 0 Å². The molecule has 0 bridgehead atoms. The average molecular weight is 1110 g/mol. The minimum absolute atomic E-state index is 0.117. The highest BCUT2D eigenvalue weighted by atomic mass is 16.7. The van der Waals surface area contributed by atoms with Crippen LogP contribution in [0.3, 0.4) is 0 Å². The van der Waals surface area contributed by atoms with E-state index < -0.39 is 67.4 Å². The fourth-order valence-corrected chi connectivity index (χ4v) is 9.72. The summed E-state index contributed by atoms with van der Waals surface area (Å²) in [6.45, 7) is 5.60. The molecule has 0 aromatic carbocycles. The Bertz CT molecular complexity index is 1610. The van der Waals surface area contributed by atoms with E-state index in [0.29, 0.717) is 12.8 Å². The minimum atomic E-state index is -1.62. The number of allylic oxidation sites excluding steroid dienone is 13. The molecular weight excluding hydrogens is 991 g/mol. The van der Waals surface area contributed by atoms with Gasteiger partial charge in [-0.3, -0.25) is 9.59 Å². The molecule has 0 radical (unpaired) electrons. The van der Waals surface area contributed by atoms with Crippen molar-refractivity contribution in [2.75, 3.05) is 13.2 Å². The molecule has 0 aromatic rings. The van der Waals surface area contributed by atoms with Gasteiger partial charge in [0.1, 0.15) is 24.4 Å². The van der Waals surface area contributed by atoms with Crippen LogP contribution in [0, 0.1) is 0 Å². The first-order chi connectivity index (χ1) is 38.7. The molecule has 456 valence electrons. The van der Waals surface area contributed by atoms with E-state index in [1.165, 1.54) is 141 Å². The highest BCUT2D eigenvalue weighted by Gasteiger charge is 2.47. The van der Waals surface area contributed by atoms with Gasteiger partial charge in [0.05, 0.1) is 25.4 Å². The first kappa shape index (κ1) is 73.9. The summed E-state index contributed by atoms with van der Waals surface area (Å²) < 4.78 is 17.6. The number of nitrogens with one attached hydrogen (secondary N) is 1. The van der Waals surface area contributed by atoms with E-state index in [-0.39, 0.29) is 19.4 Å². The lowest BCUT2D eigenvalue weighted by Crippen LogP contribution is -2.61. The number of amides is 1. The van der Waals surface area contributed by atoms with Crippen LogP contribution in [0.5, 0.6) is 0 Å². The normalized spacial score (nSPS) is 19.4. The second-order valence-electron chi connectivity index (χ2n) is 22.2. The summed E-state index contributed by atoms with van der Waals surface area (Å²) in [7, 11) is 0. The van der Waals surface area contributed by atoms with Crippen molar-refractivity contribution in [2.45, 2.75) is 320 Å². The molecule has 11 nitrogen and oxygen atoms in total. The Morgan fingerprint density at radius 1 is 0.519 bits per heavy atom. The molecule has 1 aliphatic heterocycles. The Morgan fingerprint density at radius 3 is 1.49 bits per heavy atom. The molecule has 1 fully saturated rings. The molecule has 1 heterocycles. The maximum atomic E-state index is 13.4. The number of unbranched alkanes of at least 4 members (excludes halogenated alkanes) is 30. The number of carbonyl (C=O) groups excluding carboxylic acids is 2. The molecule has 6 N–H and O–H groups in total. The summed E-state index contributed by atoms with van der Waals surface area (Å²) >= 11 is 0. The van der Waals surface area contributed by atoms with Crippen LogP contribution in [0.25, 0.3) is 0 Å². The van der Waals surface area contributed by atoms with Gasteiger partial charge in [0.15, 0.2) is 12.4 Å². The monoisotopic (exact) mass is 1110 g/mol. The average Bonchev–Trinajstić information content (AvgIpc) is 3.44. The maximum Gasteiger partial charge on any atom is 0.306 e. The highest BCUT2D eigenvalue weighted by Crippen LogP contribution is 2.26. The third-order valence-electron chi connectivity index (χ3n) is 14.8. The molecule has 79 heavy (non-hydrogen) atoms.